The van der Waals surface area contributed by atoms with Gasteiger partial charge in [-0.05, 0) is 35.7 Å². The number of benzene rings is 1. The highest BCUT2D eigenvalue weighted by atomic mass is 32.1. The lowest BCUT2D eigenvalue weighted by Crippen LogP contribution is -2.13. The van der Waals surface area contributed by atoms with Crippen LogP contribution in [0.25, 0.3) is 10.6 Å². The average Bonchev–Trinajstić information content (AvgIpc) is 3.16. The Morgan fingerprint density at radius 2 is 1.96 bits per heavy atom. The number of rotatable bonds is 4. The van der Waals surface area contributed by atoms with Crippen molar-refractivity contribution in [1.82, 2.24) is 5.16 Å². The largest absolute Gasteiger partial charge is 0.477 e. The average molecular weight is 332 g/mol. The maximum Gasteiger partial charge on any atom is 0.343 e. The van der Waals surface area contributed by atoms with E-state index in [2.05, 4.69) is 10.5 Å². The first-order chi connectivity index (χ1) is 11.1. The summed E-state index contributed by atoms with van der Waals surface area (Å²) in [5.41, 5.74) is 0.0710. The van der Waals surface area contributed by atoms with E-state index in [9.17, 15) is 19.1 Å². The number of aromatic nitrogens is 1. The van der Waals surface area contributed by atoms with E-state index in [1.807, 2.05) is 0 Å². The molecule has 0 fully saturated rings. The lowest BCUT2D eigenvalue weighted by Gasteiger charge is -2.02. The second kappa shape index (κ2) is 6.01. The zero-order valence-electron chi connectivity index (χ0n) is 11.4. The van der Waals surface area contributed by atoms with Crippen LogP contribution in [0.3, 0.4) is 0 Å². The topological polar surface area (TPSA) is 92.4 Å². The van der Waals surface area contributed by atoms with Crippen molar-refractivity contribution in [2.75, 3.05) is 5.32 Å². The SMILES string of the molecule is O=C(Nc1onc(-c2cccs2)c1C(=O)O)c1ccc(F)cc1. The normalized spacial score (nSPS) is 10.5. The predicted octanol–water partition coefficient (Wildman–Crippen LogP) is 3.49. The monoisotopic (exact) mass is 332 g/mol. The van der Waals surface area contributed by atoms with Gasteiger partial charge in [0.1, 0.15) is 11.5 Å². The van der Waals surface area contributed by atoms with Gasteiger partial charge >= 0.3 is 5.97 Å². The number of nitrogens with zero attached hydrogens (tertiary/aromatic N) is 1. The number of carboxylic acid groups (broad SMARTS) is 1. The molecule has 0 aliphatic heterocycles. The molecular weight excluding hydrogens is 323 g/mol. The molecule has 1 amide bonds. The van der Waals surface area contributed by atoms with Gasteiger partial charge in [-0.3, -0.25) is 10.1 Å². The fraction of sp³-hybridized carbons (Fsp3) is 0. The Kier molecular flexibility index (Phi) is 3.90. The fourth-order valence-corrected chi connectivity index (χ4v) is 2.64. The Balaban J connectivity index is 1.93. The van der Waals surface area contributed by atoms with Crippen molar-refractivity contribution in [3.63, 3.8) is 0 Å². The van der Waals surface area contributed by atoms with Crippen LogP contribution in [0.15, 0.2) is 46.3 Å². The second-order valence-electron chi connectivity index (χ2n) is 4.48. The molecule has 2 aromatic heterocycles. The molecule has 0 unspecified atom stereocenters. The molecule has 0 bridgehead atoms. The quantitative estimate of drug-likeness (QED) is 0.763. The zero-order chi connectivity index (χ0) is 16.4. The molecule has 116 valence electrons. The zero-order valence-corrected chi connectivity index (χ0v) is 12.3. The molecular formula is C15H9FN2O4S. The number of halogens is 1. The van der Waals surface area contributed by atoms with E-state index in [-0.39, 0.29) is 22.7 Å². The Bertz CT molecular complexity index is 856. The molecule has 3 aromatic rings. The summed E-state index contributed by atoms with van der Waals surface area (Å²) in [6.07, 6.45) is 0. The summed E-state index contributed by atoms with van der Waals surface area (Å²) in [6.45, 7) is 0. The summed E-state index contributed by atoms with van der Waals surface area (Å²) < 4.78 is 17.8. The number of thiophene rings is 1. The van der Waals surface area contributed by atoms with Crippen molar-refractivity contribution in [2.24, 2.45) is 0 Å². The van der Waals surface area contributed by atoms with Crippen molar-refractivity contribution >= 4 is 29.1 Å². The molecule has 2 N–H and O–H groups in total. The Hall–Kier alpha value is -3.00. The molecule has 0 aliphatic carbocycles. The lowest BCUT2D eigenvalue weighted by molar-refractivity contribution is 0.0698. The molecule has 8 heteroatoms. The van der Waals surface area contributed by atoms with Gasteiger partial charge in [0, 0.05) is 5.56 Å². The van der Waals surface area contributed by atoms with Crippen LogP contribution >= 0.6 is 11.3 Å². The van der Waals surface area contributed by atoms with Crippen molar-refractivity contribution in [3.05, 3.63) is 58.7 Å². The van der Waals surface area contributed by atoms with Crippen LogP contribution in [0.2, 0.25) is 0 Å². The molecule has 0 aliphatic rings. The van der Waals surface area contributed by atoms with Gasteiger partial charge in [-0.25, -0.2) is 9.18 Å². The van der Waals surface area contributed by atoms with Crippen molar-refractivity contribution in [1.29, 1.82) is 0 Å². The van der Waals surface area contributed by atoms with E-state index in [1.165, 1.54) is 23.5 Å². The summed E-state index contributed by atoms with van der Waals surface area (Å²) in [7, 11) is 0. The van der Waals surface area contributed by atoms with Gasteiger partial charge in [0.2, 0.25) is 5.88 Å². The van der Waals surface area contributed by atoms with Gasteiger partial charge in [-0.15, -0.1) is 11.3 Å². The van der Waals surface area contributed by atoms with E-state index < -0.39 is 17.7 Å². The Morgan fingerprint density at radius 1 is 1.22 bits per heavy atom. The smallest absolute Gasteiger partial charge is 0.343 e. The minimum absolute atomic E-state index is 0.141. The van der Waals surface area contributed by atoms with E-state index >= 15 is 0 Å². The molecule has 0 radical (unpaired) electrons. The highest BCUT2D eigenvalue weighted by Crippen LogP contribution is 2.32. The van der Waals surface area contributed by atoms with Crippen molar-refractivity contribution < 1.29 is 23.6 Å². The van der Waals surface area contributed by atoms with Gasteiger partial charge in [0.15, 0.2) is 5.56 Å². The van der Waals surface area contributed by atoms with Crippen LogP contribution in [-0.2, 0) is 0 Å². The lowest BCUT2D eigenvalue weighted by atomic mass is 10.2. The second-order valence-corrected chi connectivity index (χ2v) is 5.43. The first-order valence-corrected chi connectivity index (χ1v) is 7.28. The van der Waals surface area contributed by atoms with Crippen LogP contribution in [0, 0.1) is 5.82 Å². The Morgan fingerprint density at radius 3 is 2.57 bits per heavy atom. The maximum atomic E-state index is 12.9. The van der Waals surface area contributed by atoms with E-state index in [0.717, 1.165) is 12.1 Å². The molecule has 6 nitrogen and oxygen atoms in total. The van der Waals surface area contributed by atoms with Crippen molar-refractivity contribution in [2.45, 2.75) is 0 Å². The van der Waals surface area contributed by atoms with Crippen LogP contribution in [0.5, 0.6) is 0 Å². The number of aromatic carboxylic acids is 1. The van der Waals surface area contributed by atoms with Crippen LogP contribution in [-0.4, -0.2) is 22.1 Å². The molecule has 23 heavy (non-hydrogen) atoms. The van der Waals surface area contributed by atoms with Gasteiger partial charge in [-0.2, -0.15) is 0 Å². The molecule has 2 heterocycles. The number of carbonyl (C=O) groups excluding carboxylic acids is 1. The van der Waals surface area contributed by atoms with Crippen molar-refractivity contribution in [3.8, 4) is 10.6 Å². The Labute approximate surface area is 133 Å². The minimum atomic E-state index is -1.27. The number of hydrogen-bond donors (Lipinski definition) is 2. The summed E-state index contributed by atoms with van der Waals surface area (Å²) in [6, 6.07) is 8.26. The predicted molar refractivity (Wildman–Crippen MR) is 81.1 cm³/mol. The van der Waals surface area contributed by atoms with Crippen LogP contribution in [0.1, 0.15) is 20.7 Å². The summed E-state index contributed by atoms with van der Waals surface area (Å²) in [5, 5.41) is 17.2. The van der Waals surface area contributed by atoms with Crippen LogP contribution < -0.4 is 5.32 Å². The number of carbonyl (C=O) groups is 2. The van der Waals surface area contributed by atoms with Crippen LogP contribution in [0.4, 0.5) is 10.3 Å². The molecule has 0 atom stereocenters. The molecule has 1 aromatic carbocycles. The third kappa shape index (κ3) is 2.97. The summed E-state index contributed by atoms with van der Waals surface area (Å²) in [4.78, 5) is 24.2. The molecule has 0 saturated heterocycles. The highest BCUT2D eigenvalue weighted by Gasteiger charge is 2.25. The number of amides is 1. The first kappa shape index (κ1) is 14.9. The fourth-order valence-electron chi connectivity index (χ4n) is 1.93. The molecule has 3 rings (SSSR count). The highest BCUT2D eigenvalue weighted by molar-refractivity contribution is 7.13. The van der Waals surface area contributed by atoms with Gasteiger partial charge in [0.25, 0.3) is 5.91 Å². The third-order valence-electron chi connectivity index (χ3n) is 2.99. The number of anilines is 1. The standard InChI is InChI=1S/C15H9FN2O4S/c16-9-5-3-8(4-6-9)13(19)17-14-11(15(20)21)12(18-22-14)10-2-1-7-23-10/h1-7H,(H,17,19)(H,20,21). The van der Waals surface area contributed by atoms with Gasteiger partial charge in [0.05, 0.1) is 4.88 Å². The maximum absolute atomic E-state index is 12.9. The molecule has 0 spiro atoms. The number of hydrogen-bond acceptors (Lipinski definition) is 5. The number of carboxylic acids is 1. The summed E-state index contributed by atoms with van der Waals surface area (Å²) in [5.74, 6) is -2.65. The van der Waals surface area contributed by atoms with E-state index in [1.54, 1.807) is 17.5 Å². The first-order valence-electron chi connectivity index (χ1n) is 6.40. The van der Waals surface area contributed by atoms with E-state index in [0.29, 0.717) is 4.88 Å². The van der Waals surface area contributed by atoms with E-state index in [4.69, 9.17) is 4.52 Å². The summed E-state index contributed by atoms with van der Waals surface area (Å²) >= 11 is 1.30. The van der Waals surface area contributed by atoms with Gasteiger partial charge < -0.3 is 9.63 Å². The minimum Gasteiger partial charge on any atom is -0.477 e. The molecule has 0 saturated carbocycles. The third-order valence-corrected chi connectivity index (χ3v) is 3.87. The number of nitrogens with one attached hydrogen (secondary N) is 1. The van der Waals surface area contributed by atoms with Gasteiger partial charge in [-0.1, -0.05) is 11.2 Å².